The molecule has 0 aliphatic heterocycles. The van der Waals surface area contributed by atoms with Crippen LogP contribution in [-0.4, -0.2) is 4.98 Å². The molecule has 17 heavy (non-hydrogen) atoms. The average Bonchev–Trinajstić information content (AvgIpc) is 2.25. The Balaban J connectivity index is 2.07. The largest absolute Gasteiger partial charge is 0.399 e. The summed E-state index contributed by atoms with van der Waals surface area (Å²) in [5.41, 5.74) is 8.73. The van der Waals surface area contributed by atoms with Crippen LogP contribution in [0.25, 0.3) is 0 Å². The highest BCUT2D eigenvalue weighted by Crippen LogP contribution is 2.16. The third kappa shape index (κ3) is 3.36. The lowest BCUT2D eigenvalue weighted by atomic mass is 10.1. The van der Waals surface area contributed by atoms with Crippen LogP contribution in [0, 0.1) is 6.92 Å². The molecule has 0 atom stereocenters. The van der Waals surface area contributed by atoms with Gasteiger partial charge in [0.05, 0.1) is 0 Å². The van der Waals surface area contributed by atoms with Gasteiger partial charge in [0.1, 0.15) is 11.0 Å². The number of benzene rings is 1. The van der Waals surface area contributed by atoms with Crippen molar-refractivity contribution < 1.29 is 0 Å². The lowest BCUT2D eigenvalue weighted by Gasteiger charge is -2.07. The molecule has 1 heterocycles. The average molecular weight is 248 g/mol. The number of rotatable bonds is 3. The highest BCUT2D eigenvalue weighted by molar-refractivity contribution is 6.29. The fourth-order valence-corrected chi connectivity index (χ4v) is 1.84. The first-order chi connectivity index (χ1) is 8.13. The number of hydrogen-bond donors (Lipinski definition) is 2. The zero-order chi connectivity index (χ0) is 12.3. The van der Waals surface area contributed by atoms with Crippen molar-refractivity contribution in [3.05, 3.63) is 52.7 Å². The zero-order valence-electron chi connectivity index (χ0n) is 9.57. The first-order valence-corrected chi connectivity index (χ1v) is 5.74. The van der Waals surface area contributed by atoms with E-state index in [1.807, 2.05) is 6.07 Å². The van der Waals surface area contributed by atoms with Crippen LogP contribution in [0.15, 0.2) is 36.4 Å². The summed E-state index contributed by atoms with van der Waals surface area (Å²) in [6.07, 6.45) is 0. The molecule has 88 valence electrons. The Morgan fingerprint density at radius 1 is 1.29 bits per heavy atom. The molecule has 0 spiro atoms. The van der Waals surface area contributed by atoms with Crippen LogP contribution in [0.3, 0.4) is 0 Å². The predicted molar refractivity (Wildman–Crippen MR) is 72.2 cm³/mol. The Bertz CT molecular complexity index is 506. The van der Waals surface area contributed by atoms with Crippen molar-refractivity contribution in [1.29, 1.82) is 0 Å². The van der Waals surface area contributed by atoms with Gasteiger partial charge in [-0.05, 0) is 18.6 Å². The van der Waals surface area contributed by atoms with Crippen LogP contribution in [0.4, 0.5) is 11.5 Å². The lowest BCUT2D eigenvalue weighted by molar-refractivity contribution is 1.11. The number of nitrogens with zero attached hydrogens (tertiary/aromatic N) is 1. The molecule has 1 aromatic carbocycles. The number of hydrogen-bond acceptors (Lipinski definition) is 3. The minimum absolute atomic E-state index is 0.400. The van der Waals surface area contributed by atoms with E-state index in [2.05, 4.69) is 35.4 Å². The van der Waals surface area contributed by atoms with Gasteiger partial charge in [0.15, 0.2) is 0 Å². The van der Waals surface area contributed by atoms with Gasteiger partial charge in [0, 0.05) is 18.3 Å². The minimum atomic E-state index is 0.400. The van der Waals surface area contributed by atoms with Crippen LogP contribution in [-0.2, 0) is 6.54 Å². The van der Waals surface area contributed by atoms with Gasteiger partial charge in [-0.3, -0.25) is 0 Å². The standard InChI is InChI=1S/C13H14ClN3/c1-9-3-2-4-10(5-9)8-16-13-7-11(15)6-12(14)17-13/h2-7H,8H2,1H3,(H3,15,16,17). The van der Waals surface area contributed by atoms with Gasteiger partial charge < -0.3 is 11.1 Å². The topological polar surface area (TPSA) is 50.9 Å². The second kappa shape index (κ2) is 5.06. The summed E-state index contributed by atoms with van der Waals surface area (Å²) in [6, 6.07) is 11.7. The quantitative estimate of drug-likeness (QED) is 0.819. The molecule has 0 fully saturated rings. The van der Waals surface area contributed by atoms with E-state index < -0.39 is 0 Å². The molecule has 0 radical (unpaired) electrons. The number of aryl methyl sites for hydroxylation is 1. The Morgan fingerprint density at radius 3 is 2.82 bits per heavy atom. The first kappa shape index (κ1) is 11.7. The van der Waals surface area contributed by atoms with Crippen LogP contribution in [0.5, 0.6) is 0 Å². The first-order valence-electron chi connectivity index (χ1n) is 5.36. The van der Waals surface area contributed by atoms with E-state index in [1.165, 1.54) is 11.1 Å². The van der Waals surface area contributed by atoms with Crippen molar-refractivity contribution in [3.63, 3.8) is 0 Å². The van der Waals surface area contributed by atoms with Crippen LogP contribution >= 0.6 is 11.6 Å². The summed E-state index contributed by atoms with van der Waals surface area (Å²) < 4.78 is 0. The van der Waals surface area contributed by atoms with Gasteiger partial charge in [-0.25, -0.2) is 4.98 Å². The highest BCUT2D eigenvalue weighted by Gasteiger charge is 1.99. The predicted octanol–water partition coefficient (Wildman–Crippen LogP) is 3.24. The number of nitrogen functional groups attached to an aromatic ring is 1. The maximum atomic E-state index is 5.83. The van der Waals surface area contributed by atoms with E-state index in [9.17, 15) is 0 Å². The third-order valence-electron chi connectivity index (χ3n) is 2.37. The van der Waals surface area contributed by atoms with Gasteiger partial charge in [0.2, 0.25) is 0 Å². The summed E-state index contributed by atoms with van der Waals surface area (Å²) in [6.45, 7) is 2.77. The van der Waals surface area contributed by atoms with Crippen LogP contribution in [0.2, 0.25) is 5.15 Å². The monoisotopic (exact) mass is 247 g/mol. The van der Waals surface area contributed by atoms with Gasteiger partial charge in [0.25, 0.3) is 0 Å². The Labute approximate surface area is 106 Å². The second-order valence-corrected chi connectivity index (χ2v) is 4.34. The molecule has 0 unspecified atom stereocenters. The van der Waals surface area contributed by atoms with E-state index >= 15 is 0 Å². The summed E-state index contributed by atoms with van der Waals surface area (Å²) in [5, 5.41) is 3.59. The molecule has 2 rings (SSSR count). The zero-order valence-corrected chi connectivity index (χ0v) is 10.3. The number of anilines is 2. The van der Waals surface area contributed by atoms with Crippen molar-refractivity contribution in [2.24, 2.45) is 0 Å². The molecule has 3 N–H and O–H groups in total. The number of aromatic nitrogens is 1. The van der Waals surface area contributed by atoms with Crippen LogP contribution in [0.1, 0.15) is 11.1 Å². The summed E-state index contributed by atoms with van der Waals surface area (Å²) in [5.74, 6) is 0.691. The Morgan fingerprint density at radius 2 is 2.12 bits per heavy atom. The smallest absolute Gasteiger partial charge is 0.133 e. The van der Waals surface area contributed by atoms with Gasteiger partial charge in [-0.15, -0.1) is 0 Å². The fourth-order valence-electron chi connectivity index (χ4n) is 1.62. The van der Waals surface area contributed by atoms with E-state index in [0.29, 0.717) is 23.2 Å². The number of nitrogens with one attached hydrogen (secondary N) is 1. The second-order valence-electron chi connectivity index (χ2n) is 3.95. The molecule has 4 heteroatoms. The van der Waals surface area contributed by atoms with Crippen molar-refractivity contribution in [3.8, 4) is 0 Å². The van der Waals surface area contributed by atoms with Gasteiger partial charge in [-0.2, -0.15) is 0 Å². The maximum absolute atomic E-state index is 5.83. The summed E-state index contributed by atoms with van der Waals surface area (Å²) >= 11 is 5.83. The third-order valence-corrected chi connectivity index (χ3v) is 2.57. The minimum Gasteiger partial charge on any atom is -0.399 e. The molecular formula is C13H14ClN3. The summed E-state index contributed by atoms with van der Waals surface area (Å²) in [7, 11) is 0. The van der Waals surface area contributed by atoms with E-state index in [-0.39, 0.29) is 0 Å². The normalized spacial score (nSPS) is 10.2. The number of nitrogens with two attached hydrogens (primary N) is 1. The fraction of sp³-hybridized carbons (Fsp3) is 0.154. The van der Waals surface area contributed by atoms with Crippen molar-refractivity contribution in [1.82, 2.24) is 4.98 Å². The molecule has 0 aliphatic carbocycles. The molecule has 0 bridgehead atoms. The highest BCUT2D eigenvalue weighted by atomic mass is 35.5. The Hall–Kier alpha value is -1.74. The molecule has 0 saturated heterocycles. The van der Waals surface area contributed by atoms with Crippen LogP contribution < -0.4 is 11.1 Å². The van der Waals surface area contributed by atoms with E-state index in [0.717, 1.165) is 0 Å². The molecular weight excluding hydrogens is 234 g/mol. The van der Waals surface area contributed by atoms with Crippen molar-refractivity contribution in [2.45, 2.75) is 13.5 Å². The van der Waals surface area contributed by atoms with Gasteiger partial charge in [-0.1, -0.05) is 41.4 Å². The molecule has 3 nitrogen and oxygen atoms in total. The molecule has 1 aromatic heterocycles. The van der Waals surface area contributed by atoms with Crippen molar-refractivity contribution >= 4 is 23.1 Å². The number of halogens is 1. The lowest BCUT2D eigenvalue weighted by Crippen LogP contribution is -2.02. The summed E-state index contributed by atoms with van der Waals surface area (Å²) in [4.78, 5) is 4.15. The van der Waals surface area contributed by atoms with Gasteiger partial charge >= 0.3 is 0 Å². The van der Waals surface area contributed by atoms with E-state index in [4.69, 9.17) is 17.3 Å². The Kier molecular flexibility index (Phi) is 3.49. The maximum Gasteiger partial charge on any atom is 0.133 e. The SMILES string of the molecule is Cc1cccc(CNc2cc(N)cc(Cl)n2)c1. The molecule has 0 saturated carbocycles. The van der Waals surface area contributed by atoms with Crippen molar-refractivity contribution in [2.75, 3.05) is 11.1 Å². The number of pyridine rings is 1. The molecule has 2 aromatic rings. The molecule has 0 amide bonds. The molecule has 0 aliphatic rings. The van der Waals surface area contributed by atoms with E-state index in [1.54, 1.807) is 12.1 Å².